The Bertz CT molecular complexity index is 358. The third-order valence-electron chi connectivity index (χ3n) is 2.26. The molecule has 0 spiro atoms. The highest BCUT2D eigenvalue weighted by Gasteiger charge is 2.19. The van der Waals surface area contributed by atoms with Gasteiger partial charge in [0.15, 0.2) is 0 Å². The van der Waals surface area contributed by atoms with E-state index in [0.717, 1.165) is 11.4 Å². The van der Waals surface area contributed by atoms with Gasteiger partial charge in [-0.1, -0.05) is 13.8 Å². The number of hydrogen-bond donors (Lipinski definition) is 1. The Hall–Kier alpha value is -1.38. The van der Waals surface area contributed by atoms with Gasteiger partial charge in [0.25, 0.3) is 0 Å². The number of nitrogens with one attached hydrogen (secondary N) is 1. The van der Waals surface area contributed by atoms with E-state index in [0.29, 0.717) is 12.3 Å². The molecule has 0 aliphatic carbocycles. The summed E-state index contributed by atoms with van der Waals surface area (Å²) in [5.41, 5.74) is 2.21. The summed E-state index contributed by atoms with van der Waals surface area (Å²) in [7, 11) is 0. The fraction of sp³-hybridized carbons (Fsp3) is 0.400. The summed E-state index contributed by atoms with van der Waals surface area (Å²) in [5.74, 6) is 1.24. The normalized spacial score (nSPS) is 14.5. The molecule has 3 nitrogen and oxygen atoms in total. The molecule has 0 bridgehead atoms. The number of amides is 1. The van der Waals surface area contributed by atoms with Crippen LogP contribution >= 0.6 is 0 Å². The van der Waals surface area contributed by atoms with Crippen LogP contribution in [-0.2, 0) is 11.2 Å². The van der Waals surface area contributed by atoms with E-state index < -0.39 is 0 Å². The Morgan fingerprint density at radius 1 is 1.54 bits per heavy atom. The number of fused-ring (bicyclic) bond motifs is 1. The van der Waals surface area contributed by atoms with Crippen molar-refractivity contribution in [3.8, 4) is 0 Å². The van der Waals surface area contributed by atoms with Gasteiger partial charge < -0.3 is 5.32 Å². The van der Waals surface area contributed by atoms with Gasteiger partial charge >= 0.3 is 0 Å². The zero-order valence-corrected chi connectivity index (χ0v) is 7.79. The summed E-state index contributed by atoms with van der Waals surface area (Å²) in [5, 5.41) is 2.71. The van der Waals surface area contributed by atoms with E-state index in [1.165, 1.54) is 5.56 Å². The molecule has 68 valence electrons. The lowest BCUT2D eigenvalue weighted by Crippen LogP contribution is -2.04. The molecule has 0 fully saturated rings. The van der Waals surface area contributed by atoms with Gasteiger partial charge in [-0.25, -0.2) is 4.98 Å². The molecule has 1 amide bonds. The van der Waals surface area contributed by atoms with E-state index in [1.54, 1.807) is 0 Å². The maximum atomic E-state index is 11.0. The van der Waals surface area contributed by atoms with Crippen molar-refractivity contribution in [1.29, 1.82) is 0 Å². The maximum Gasteiger partial charge on any atom is 0.230 e. The van der Waals surface area contributed by atoms with E-state index in [9.17, 15) is 4.79 Å². The van der Waals surface area contributed by atoms with Crippen molar-refractivity contribution in [3.63, 3.8) is 0 Å². The third kappa shape index (κ3) is 1.41. The summed E-state index contributed by atoms with van der Waals surface area (Å²) < 4.78 is 0. The van der Waals surface area contributed by atoms with Crippen molar-refractivity contribution in [2.75, 3.05) is 5.32 Å². The first-order valence-electron chi connectivity index (χ1n) is 4.45. The molecular formula is C10H12N2O. The minimum Gasteiger partial charge on any atom is -0.310 e. The minimum absolute atomic E-state index is 0.0448. The molecule has 13 heavy (non-hydrogen) atoms. The molecule has 2 rings (SSSR count). The highest BCUT2D eigenvalue weighted by atomic mass is 16.1. The van der Waals surface area contributed by atoms with Gasteiger partial charge in [0, 0.05) is 11.8 Å². The van der Waals surface area contributed by atoms with E-state index in [1.807, 2.05) is 6.20 Å². The third-order valence-corrected chi connectivity index (χ3v) is 2.26. The average Bonchev–Trinajstić information content (AvgIpc) is 2.42. The number of aromatic nitrogens is 1. The zero-order chi connectivity index (χ0) is 9.42. The standard InChI is InChI=1S/C10H12N2O/c1-6(2)8-3-7-4-9(13)12-10(7)11-5-8/h3,5-6H,4H2,1-2H3,(H,11,12,13). The monoisotopic (exact) mass is 176 g/mol. The topological polar surface area (TPSA) is 42.0 Å². The molecule has 0 aromatic carbocycles. The van der Waals surface area contributed by atoms with Gasteiger partial charge in [0.05, 0.1) is 6.42 Å². The predicted molar refractivity (Wildman–Crippen MR) is 50.7 cm³/mol. The number of carbonyl (C=O) groups excluding carboxylic acids is 1. The molecule has 2 heterocycles. The highest BCUT2D eigenvalue weighted by Crippen LogP contribution is 2.23. The van der Waals surface area contributed by atoms with Crippen LogP contribution in [0.15, 0.2) is 12.3 Å². The Labute approximate surface area is 77.2 Å². The van der Waals surface area contributed by atoms with Gasteiger partial charge in [-0.2, -0.15) is 0 Å². The lowest BCUT2D eigenvalue weighted by molar-refractivity contribution is -0.115. The largest absolute Gasteiger partial charge is 0.310 e. The molecule has 1 aromatic rings. The van der Waals surface area contributed by atoms with Gasteiger partial charge in [-0.05, 0) is 17.5 Å². The zero-order valence-electron chi connectivity index (χ0n) is 7.79. The van der Waals surface area contributed by atoms with Crippen LogP contribution in [0, 0.1) is 0 Å². The predicted octanol–water partition coefficient (Wildman–Crippen LogP) is 1.70. The second-order valence-electron chi connectivity index (χ2n) is 3.66. The van der Waals surface area contributed by atoms with E-state index in [2.05, 4.69) is 30.2 Å². The average molecular weight is 176 g/mol. The molecule has 0 atom stereocenters. The van der Waals surface area contributed by atoms with Crippen molar-refractivity contribution in [2.45, 2.75) is 26.2 Å². The number of carbonyl (C=O) groups is 1. The second kappa shape index (κ2) is 2.83. The summed E-state index contributed by atoms with van der Waals surface area (Å²) in [6.07, 6.45) is 2.30. The van der Waals surface area contributed by atoms with Crippen molar-refractivity contribution >= 4 is 11.7 Å². The number of anilines is 1. The Morgan fingerprint density at radius 3 is 3.00 bits per heavy atom. The second-order valence-corrected chi connectivity index (χ2v) is 3.66. The molecule has 0 saturated heterocycles. The SMILES string of the molecule is CC(C)c1cnc2c(c1)CC(=O)N2. The van der Waals surface area contributed by atoms with Crippen LogP contribution in [0.25, 0.3) is 0 Å². The fourth-order valence-electron chi connectivity index (χ4n) is 1.44. The highest BCUT2D eigenvalue weighted by molar-refractivity contribution is 5.97. The van der Waals surface area contributed by atoms with Crippen molar-refractivity contribution in [2.24, 2.45) is 0 Å². The number of rotatable bonds is 1. The quantitative estimate of drug-likeness (QED) is 0.707. The first kappa shape index (κ1) is 8.23. The molecule has 0 unspecified atom stereocenters. The van der Waals surface area contributed by atoms with Crippen molar-refractivity contribution in [3.05, 3.63) is 23.4 Å². The summed E-state index contributed by atoms with van der Waals surface area (Å²) in [4.78, 5) is 15.2. The molecule has 1 aliphatic rings. The van der Waals surface area contributed by atoms with Crippen LogP contribution in [0.1, 0.15) is 30.9 Å². The number of hydrogen-bond acceptors (Lipinski definition) is 2. The van der Waals surface area contributed by atoms with Crippen LogP contribution in [0.4, 0.5) is 5.82 Å². The summed E-state index contributed by atoms with van der Waals surface area (Å²) in [6, 6.07) is 2.06. The molecule has 0 saturated carbocycles. The molecule has 0 radical (unpaired) electrons. The summed E-state index contributed by atoms with van der Waals surface area (Å²) in [6.45, 7) is 4.24. The van der Waals surface area contributed by atoms with Crippen LogP contribution in [0.2, 0.25) is 0 Å². The minimum atomic E-state index is 0.0448. The van der Waals surface area contributed by atoms with Crippen LogP contribution < -0.4 is 5.32 Å². The van der Waals surface area contributed by atoms with Gasteiger partial charge in [-0.3, -0.25) is 4.79 Å². The van der Waals surface area contributed by atoms with Crippen LogP contribution in [0.3, 0.4) is 0 Å². The molecule has 1 aromatic heterocycles. The maximum absolute atomic E-state index is 11.0. The first-order valence-corrected chi connectivity index (χ1v) is 4.45. The molecule has 1 N–H and O–H groups in total. The Kier molecular flexibility index (Phi) is 1.79. The first-order chi connectivity index (χ1) is 6.16. The smallest absolute Gasteiger partial charge is 0.230 e. The van der Waals surface area contributed by atoms with E-state index in [-0.39, 0.29) is 5.91 Å². The Balaban J connectivity index is 2.40. The van der Waals surface area contributed by atoms with E-state index >= 15 is 0 Å². The molecular weight excluding hydrogens is 164 g/mol. The fourth-order valence-corrected chi connectivity index (χ4v) is 1.44. The molecule has 3 heteroatoms. The molecule has 1 aliphatic heterocycles. The van der Waals surface area contributed by atoms with Crippen molar-refractivity contribution < 1.29 is 4.79 Å². The van der Waals surface area contributed by atoms with Gasteiger partial charge in [-0.15, -0.1) is 0 Å². The van der Waals surface area contributed by atoms with E-state index in [4.69, 9.17) is 0 Å². The Morgan fingerprint density at radius 2 is 2.31 bits per heavy atom. The van der Waals surface area contributed by atoms with Gasteiger partial charge in [0.2, 0.25) is 5.91 Å². The van der Waals surface area contributed by atoms with Crippen LogP contribution in [0.5, 0.6) is 0 Å². The van der Waals surface area contributed by atoms with Gasteiger partial charge in [0.1, 0.15) is 5.82 Å². The lowest BCUT2D eigenvalue weighted by atomic mass is 10.0. The number of pyridine rings is 1. The van der Waals surface area contributed by atoms with Crippen molar-refractivity contribution in [1.82, 2.24) is 4.98 Å². The van der Waals surface area contributed by atoms with Crippen LogP contribution in [-0.4, -0.2) is 10.9 Å². The lowest BCUT2D eigenvalue weighted by Gasteiger charge is -2.05. The number of nitrogens with zero attached hydrogens (tertiary/aromatic N) is 1. The summed E-state index contributed by atoms with van der Waals surface area (Å²) >= 11 is 0.